The predicted molar refractivity (Wildman–Crippen MR) is 85.9 cm³/mol. The molecule has 2 aromatic rings. The lowest BCUT2D eigenvalue weighted by Gasteiger charge is -2.13. The number of para-hydroxylation sites is 1. The topological polar surface area (TPSA) is 47.6 Å². The lowest BCUT2D eigenvalue weighted by atomic mass is 10.2. The molecule has 2 rings (SSSR count). The Kier molecular flexibility index (Phi) is 6.51. The van der Waals surface area contributed by atoms with Crippen LogP contribution in [0.5, 0.6) is 11.5 Å². The molecule has 0 heterocycles. The molecule has 0 bridgehead atoms. The van der Waals surface area contributed by atoms with E-state index in [0.29, 0.717) is 0 Å². The van der Waals surface area contributed by atoms with E-state index in [9.17, 15) is 22.4 Å². The largest absolute Gasteiger partial charge is 0.493 e. The Morgan fingerprint density at radius 3 is 2.44 bits per heavy atom. The summed E-state index contributed by atoms with van der Waals surface area (Å²) in [5, 5.41) is 2.47. The number of carbonyl (C=O) groups is 1. The normalized spacial score (nSPS) is 10.8. The Bertz CT molecular complexity index is 743. The van der Waals surface area contributed by atoms with E-state index in [4.69, 9.17) is 4.74 Å². The average Bonchev–Trinajstić information content (AvgIpc) is 2.55. The molecule has 4 nitrogen and oxygen atoms in total. The van der Waals surface area contributed by atoms with Crippen molar-refractivity contribution in [2.75, 3.05) is 12.4 Å². The van der Waals surface area contributed by atoms with Crippen LogP contribution in [0, 0.1) is 0 Å². The molecule has 0 aromatic heterocycles. The maximum Gasteiger partial charge on any atom is 0.387 e. The van der Waals surface area contributed by atoms with Gasteiger partial charge in [0, 0.05) is 10.5 Å². The summed E-state index contributed by atoms with van der Waals surface area (Å²) in [5.41, 5.74) is 0.193. The second-order valence-corrected chi connectivity index (χ2v) is 5.60. The summed E-state index contributed by atoms with van der Waals surface area (Å²) in [6.07, 6.45) is 0. The first kappa shape index (κ1) is 18.9. The smallest absolute Gasteiger partial charge is 0.387 e. The molecule has 0 aliphatic rings. The number of methoxy groups -OCH3 is 1. The van der Waals surface area contributed by atoms with Gasteiger partial charge in [-0.15, -0.1) is 0 Å². The minimum Gasteiger partial charge on any atom is -0.493 e. The third kappa shape index (κ3) is 5.28. The quantitative estimate of drug-likeness (QED) is 0.554. The Hall–Kier alpha value is -2.42. The first-order chi connectivity index (χ1) is 11.9. The molecule has 0 spiro atoms. The van der Waals surface area contributed by atoms with Gasteiger partial charge < -0.3 is 14.8 Å². The van der Waals surface area contributed by atoms with Crippen LogP contribution in [-0.2, 0) is 0 Å². The minimum absolute atomic E-state index is 0.00769. The van der Waals surface area contributed by atoms with Crippen molar-refractivity contribution in [3.05, 3.63) is 48.0 Å². The number of alkyl halides is 4. The molecule has 0 unspecified atom stereocenters. The monoisotopic (exact) mass is 375 g/mol. The molecule has 0 aliphatic carbocycles. The van der Waals surface area contributed by atoms with Crippen LogP contribution in [-0.4, -0.2) is 25.4 Å². The number of hydrogen-bond acceptors (Lipinski definition) is 4. The molecule has 0 radical (unpaired) electrons. The van der Waals surface area contributed by atoms with E-state index in [2.05, 4.69) is 10.1 Å². The van der Waals surface area contributed by atoms with E-state index < -0.39 is 18.3 Å². The Morgan fingerprint density at radius 1 is 1.08 bits per heavy atom. The second-order valence-electron chi connectivity index (χ2n) is 4.57. The molecule has 0 atom stereocenters. The SMILES string of the molecule is COc1ccc(C(=O)Nc2ccccc2SC(F)F)cc1OC(F)F. The minimum atomic E-state index is -3.09. The average molecular weight is 375 g/mol. The molecule has 0 saturated heterocycles. The zero-order valence-electron chi connectivity index (χ0n) is 12.8. The van der Waals surface area contributed by atoms with Crippen molar-refractivity contribution in [1.29, 1.82) is 0 Å². The predicted octanol–water partition coefficient (Wildman–Crippen LogP) is 4.86. The summed E-state index contributed by atoms with van der Waals surface area (Å²) < 4.78 is 59.2. The molecule has 25 heavy (non-hydrogen) atoms. The summed E-state index contributed by atoms with van der Waals surface area (Å²) in [6, 6.07) is 9.76. The maximum atomic E-state index is 12.6. The third-order valence-corrected chi connectivity index (χ3v) is 3.78. The number of ether oxygens (including phenoxy) is 2. The van der Waals surface area contributed by atoms with E-state index in [1.807, 2.05) is 0 Å². The first-order valence-electron chi connectivity index (χ1n) is 6.88. The third-order valence-electron chi connectivity index (χ3n) is 2.99. The van der Waals surface area contributed by atoms with E-state index >= 15 is 0 Å². The number of anilines is 1. The number of nitrogens with one attached hydrogen (secondary N) is 1. The molecule has 1 amide bonds. The van der Waals surface area contributed by atoms with Crippen molar-refractivity contribution < 1.29 is 31.8 Å². The van der Waals surface area contributed by atoms with Crippen LogP contribution in [0.15, 0.2) is 47.4 Å². The van der Waals surface area contributed by atoms with E-state index in [-0.39, 0.29) is 39.4 Å². The molecule has 9 heteroatoms. The van der Waals surface area contributed by atoms with Crippen molar-refractivity contribution >= 4 is 23.4 Å². The lowest BCUT2D eigenvalue weighted by molar-refractivity contribution is -0.0512. The van der Waals surface area contributed by atoms with Crippen molar-refractivity contribution in [2.45, 2.75) is 17.3 Å². The van der Waals surface area contributed by atoms with Crippen LogP contribution >= 0.6 is 11.8 Å². The highest BCUT2D eigenvalue weighted by Crippen LogP contribution is 2.33. The maximum absolute atomic E-state index is 12.6. The summed E-state index contributed by atoms with van der Waals surface area (Å²) >= 11 is 0.288. The van der Waals surface area contributed by atoms with Gasteiger partial charge in [-0.25, -0.2) is 0 Å². The number of carbonyl (C=O) groups excluding carboxylic acids is 1. The highest BCUT2D eigenvalue weighted by Gasteiger charge is 2.16. The number of hydrogen-bond donors (Lipinski definition) is 1. The Balaban J connectivity index is 2.24. The number of rotatable bonds is 7. The van der Waals surface area contributed by atoms with Crippen LogP contribution in [0.1, 0.15) is 10.4 Å². The van der Waals surface area contributed by atoms with Gasteiger partial charge in [-0.05, 0) is 30.3 Å². The van der Waals surface area contributed by atoms with Crippen molar-refractivity contribution in [2.24, 2.45) is 0 Å². The standard InChI is InChI=1S/C16H13F4NO3S/c1-23-11-7-6-9(8-12(11)24-15(17)18)14(22)21-10-4-2-3-5-13(10)25-16(19)20/h2-8,15-16H,1H3,(H,21,22). The Labute approximate surface area is 145 Å². The van der Waals surface area contributed by atoms with Crippen molar-refractivity contribution in [3.8, 4) is 11.5 Å². The van der Waals surface area contributed by atoms with Crippen LogP contribution in [0.4, 0.5) is 23.2 Å². The summed E-state index contributed by atoms with van der Waals surface area (Å²) in [5.74, 6) is -3.58. The molecule has 134 valence electrons. The molecular weight excluding hydrogens is 362 g/mol. The van der Waals surface area contributed by atoms with Gasteiger partial charge in [0.25, 0.3) is 11.7 Å². The van der Waals surface area contributed by atoms with Crippen LogP contribution < -0.4 is 14.8 Å². The number of benzene rings is 2. The van der Waals surface area contributed by atoms with E-state index in [1.165, 1.54) is 31.4 Å². The fraction of sp³-hybridized carbons (Fsp3) is 0.188. The number of halogens is 4. The highest BCUT2D eigenvalue weighted by molar-refractivity contribution is 7.99. The lowest BCUT2D eigenvalue weighted by Crippen LogP contribution is -2.13. The zero-order chi connectivity index (χ0) is 18.4. The molecule has 1 N–H and O–H groups in total. The van der Waals surface area contributed by atoms with Gasteiger partial charge in [0.2, 0.25) is 0 Å². The molecule has 0 fully saturated rings. The van der Waals surface area contributed by atoms with Crippen molar-refractivity contribution in [3.63, 3.8) is 0 Å². The summed E-state index contributed by atoms with van der Waals surface area (Å²) in [6.45, 7) is -3.09. The van der Waals surface area contributed by atoms with Crippen LogP contribution in [0.3, 0.4) is 0 Å². The highest BCUT2D eigenvalue weighted by atomic mass is 32.2. The first-order valence-corrected chi connectivity index (χ1v) is 7.76. The number of amides is 1. The fourth-order valence-electron chi connectivity index (χ4n) is 1.97. The van der Waals surface area contributed by atoms with Gasteiger partial charge in [0.15, 0.2) is 11.5 Å². The molecule has 0 saturated carbocycles. The second kappa shape index (κ2) is 8.61. The van der Waals surface area contributed by atoms with Gasteiger partial charge in [-0.1, -0.05) is 23.9 Å². The van der Waals surface area contributed by atoms with E-state index in [1.54, 1.807) is 12.1 Å². The Morgan fingerprint density at radius 2 is 1.80 bits per heavy atom. The van der Waals surface area contributed by atoms with Gasteiger partial charge in [0.1, 0.15) is 0 Å². The van der Waals surface area contributed by atoms with Gasteiger partial charge in [-0.2, -0.15) is 17.6 Å². The van der Waals surface area contributed by atoms with Crippen LogP contribution in [0.2, 0.25) is 0 Å². The van der Waals surface area contributed by atoms with Gasteiger partial charge in [-0.3, -0.25) is 4.79 Å². The molecule has 0 aliphatic heterocycles. The van der Waals surface area contributed by atoms with Gasteiger partial charge in [0.05, 0.1) is 12.8 Å². The fourth-order valence-corrected chi connectivity index (χ4v) is 2.56. The van der Waals surface area contributed by atoms with E-state index in [0.717, 1.165) is 6.07 Å². The zero-order valence-corrected chi connectivity index (χ0v) is 13.7. The molecule has 2 aromatic carbocycles. The van der Waals surface area contributed by atoms with Crippen molar-refractivity contribution in [1.82, 2.24) is 0 Å². The summed E-state index contributed by atoms with van der Waals surface area (Å²) in [7, 11) is 1.27. The summed E-state index contributed by atoms with van der Waals surface area (Å²) in [4.78, 5) is 12.5. The molecular formula is C16H13F4NO3S. The van der Waals surface area contributed by atoms with Gasteiger partial charge >= 0.3 is 6.61 Å². The number of thioether (sulfide) groups is 1. The van der Waals surface area contributed by atoms with Crippen LogP contribution in [0.25, 0.3) is 0 Å².